The fraction of sp³-hybridized carbons (Fsp3) is 0.179. The van der Waals surface area contributed by atoms with Crippen molar-refractivity contribution in [3.05, 3.63) is 132 Å². The molecule has 1 amide bonds. The number of rotatable bonds is 6. The highest BCUT2D eigenvalue weighted by molar-refractivity contribution is 9.10. The Morgan fingerprint density at radius 1 is 1.00 bits per heavy atom. The van der Waals surface area contributed by atoms with Crippen LogP contribution in [-0.2, 0) is 12.8 Å². The minimum atomic E-state index is -0.298. The maximum Gasteiger partial charge on any atom is 0.282 e. The van der Waals surface area contributed by atoms with Crippen LogP contribution in [-0.4, -0.2) is 26.3 Å². The zero-order chi connectivity index (χ0) is 33.8. The first kappa shape index (κ1) is 31.2. The van der Waals surface area contributed by atoms with Gasteiger partial charge in [-0.05, 0) is 107 Å². The summed E-state index contributed by atoms with van der Waals surface area (Å²) >= 11 is 5.22. The van der Waals surface area contributed by atoms with E-state index in [4.69, 9.17) is 14.5 Å². The van der Waals surface area contributed by atoms with Gasteiger partial charge in [-0.3, -0.25) is 9.59 Å². The largest absolute Gasteiger partial charge is 0.453 e. The van der Waals surface area contributed by atoms with E-state index in [1.54, 1.807) is 23.6 Å². The van der Waals surface area contributed by atoms with E-state index in [2.05, 4.69) is 25.8 Å². The minimum Gasteiger partial charge on any atom is -0.453 e. The Morgan fingerprint density at radius 3 is 2.63 bits per heavy atom. The summed E-state index contributed by atoms with van der Waals surface area (Å²) in [5.74, 6) is 0.645. The van der Waals surface area contributed by atoms with Crippen LogP contribution in [0.25, 0.3) is 38.5 Å². The van der Waals surface area contributed by atoms with E-state index in [1.165, 1.54) is 9.55 Å². The number of carbonyl (C=O) groups is 1. The number of hydrogen-bond acceptors (Lipinski definition) is 6. The van der Waals surface area contributed by atoms with Gasteiger partial charge in [0.2, 0.25) is 5.82 Å². The van der Waals surface area contributed by atoms with Crippen LogP contribution in [0.5, 0.6) is 0 Å². The molecule has 0 saturated heterocycles. The molecule has 1 aliphatic rings. The second kappa shape index (κ2) is 12.4. The topological polar surface area (TPSA) is 94.4 Å². The average Bonchev–Trinajstić information content (AvgIpc) is 3.77. The van der Waals surface area contributed by atoms with Crippen LogP contribution in [0, 0.1) is 20.8 Å². The number of carbonyl (C=O) groups excluding carboxylic acids is 1. The van der Waals surface area contributed by atoms with Crippen LogP contribution in [0.15, 0.2) is 97.6 Å². The molecule has 4 aromatic heterocycles. The van der Waals surface area contributed by atoms with Crippen LogP contribution < -0.4 is 10.9 Å². The minimum absolute atomic E-state index is 0.0998. The highest BCUT2D eigenvalue weighted by Gasteiger charge is 2.28. The van der Waals surface area contributed by atoms with E-state index in [1.807, 2.05) is 93.6 Å². The van der Waals surface area contributed by atoms with E-state index in [0.717, 1.165) is 79.9 Å². The van der Waals surface area contributed by atoms with Gasteiger partial charge in [0.1, 0.15) is 10.6 Å². The molecule has 1 aliphatic carbocycles. The summed E-state index contributed by atoms with van der Waals surface area (Å²) in [6.07, 6.45) is 5.73. The molecule has 49 heavy (non-hydrogen) atoms. The highest BCUT2D eigenvalue weighted by Crippen LogP contribution is 2.39. The SMILES string of the molecule is Cc1ccc(NC(=O)c2c(-n3c(C)cc(C=Nn4c(-c5cc6cc(Br)ccc6o5)nc5ccccc5c4=O)c3C)sc3c2CCCC3)cc1. The molecule has 0 aliphatic heterocycles. The Kier molecular flexibility index (Phi) is 7.92. The third-order valence-electron chi connectivity index (χ3n) is 9.13. The van der Waals surface area contributed by atoms with E-state index in [0.29, 0.717) is 28.1 Å². The second-order valence-electron chi connectivity index (χ2n) is 12.5. The summed E-state index contributed by atoms with van der Waals surface area (Å²) in [4.78, 5) is 34.0. The molecule has 244 valence electrons. The lowest BCUT2D eigenvalue weighted by Gasteiger charge is -2.14. The fourth-order valence-electron chi connectivity index (χ4n) is 6.64. The van der Waals surface area contributed by atoms with Crippen molar-refractivity contribution in [3.63, 3.8) is 0 Å². The number of halogens is 1. The number of aryl methyl sites for hydroxylation is 3. The summed E-state index contributed by atoms with van der Waals surface area (Å²) in [6.45, 7) is 6.09. The van der Waals surface area contributed by atoms with Gasteiger partial charge in [-0.25, -0.2) is 4.98 Å². The van der Waals surface area contributed by atoms with Crippen molar-refractivity contribution in [1.82, 2.24) is 14.2 Å². The molecule has 0 spiro atoms. The number of thiophene rings is 1. The third-order valence-corrected chi connectivity index (χ3v) is 10.9. The van der Waals surface area contributed by atoms with Gasteiger partial charge in [-0.1, -0.05) is 45.8 Å². The number of anilines is 1. The summed E-state index contributed by atoms with van der Waals surface area (Å²) in [6, 6.07) is 24.8. The van der Waals surface area contributed by atoms with E-state index < -0.39 is 0 Å². The number of fused-ring (bicyclic) bond motifs is 3. The molecular weight excluding hydrogens is 698 g/mol. The molecule has 0 unspecified atom stereocenters. The lowest BCUT2D eigenvalue weighted by molar-refractivity contribution is 0.102. The lowest BCUT2D eigenvalue weighted by Crippen LogP contribution is -2.20. The maximum absolute atomic E-state index is 14.0. The molecule has 7 aromatic rings. The Balaban J connectivity index is 1.23. The normalized spacial score (nSPS) is 13.1. The third kappa shape index (κ3) is 5.64. The summed E-state index contributed by atoms with van der Waals surface area (Å²) in [5, 5.41) is 10.1. The molecule has 0 atom stereocenters. The van der Waals surface area contributed by atoms with Crippen molar-refractivity contribution in [3.8, 4) is 16.6 Å². The molecule has 8 nitrogen and oxygen atoms in total. The van der Waals surface area contributed by atoms with Crippen molar-refractivity contribution in [1.29, 1.82) is 0 Å². The predicted molar refractivity (Wildman–Crippen MR) is 201 cm³/mol. The number of benzene rings is 3. The van der Waals surface area contributed by atoms with Crippen LogP contribution in [0.3, 0.4) is 0 Å². The first-order valence-corrected chi connectivity index (χ1v) is 17.8. The Morgan fingerprint density at radius 2 is 1.80 bits per heavy atom. The molecule has 3 aromatic carbocycles. The van der Waals surface area contributed by atoms with Crippen LogP contribution in [0.2, 0.25) is 0 Å². The van der Waals surface area contributed by atoms with Gasteiger partial charge in [0.15, 0.2) is 5.76 Å². The van der Waals surface area contributed by atoms with Gasteiger partial charge >= 0.3 is 0 Å². The average molecular weight is 731 g/mol. The van der Waals surface area contributed by atoms with Crippen molar-refractivity contribution in [2.24, 2.45) is 5.10 Å². The number of hydrogen-bond donors (Lipinski definition) is 1. The van der Waals surface area contributed by atoms with Crippen LogP contribution >= 0.6 is 27.3 Å². The molecule has 0 bridgehead atoms. The molecular formula is C39H32BrN5O3S. The Bertz CT molecular complexity index is 2520. The summed E-state index contributed by atoms with van der Waals surface area (Å²) < 4.78 is 10.6. The standard InChI is InChI=1S/C39H32BrN5O3S/c1-22-12-15-28(16-13-22)42-37(46)35-30-9-5-7-11-34(30)49-39(35)44-23(2)18-26(24(44)3)21-41-45-36(43-31-10-6-4-8-29(31)38(45)47)33-20-25-19-27(40)14-17-32(25)48-33/h4,6,8,10,12-21H,5,7,9,11H2,1-3H3,(H,42,46). The smallest absolute Gasteiger partial charge is 0.282 e. The van der Waals surface area contributed by atoms with Gasteiger partial charge in [-0.2, -0.15) is 9.78 Å². The summed E-state index contributed by atoms with van der Waals surface area (Å²) in [7, 11) is 0. The number of furan rings is 1. The van der Waals surface area contributed by atoms with E-state index in [9.17, 15) is 9.59 Å². The predicted octanol–water partition coefficient (Wildman–Crippen LogP) is 9.36. The molecule has 10 heteroatoms. The summed E-state index contributed by atoms with van der Waals surface area (Å²) in [5.41, 5.74) is 7.45. The first-order chi connectivity index (χ1) is 23.7. The van der Waals surface area contributed by atoms with Gasteiger partial charge in [0.05, 0.1) is 22.7 Å². The van der Waals surface area contributed by atoms with Crippen molar-refractivity contribution >= 4 is 66.9 Å². The van der Waals surface area contributed by atoms with Gasteiger partial charge in [0, 0.05) is 37.4 Å². The van der Waals surface area contributed by atoms with Gasteiger partial charge < -0.3 is 14.3 Å². The second-order valence-corrected chi connectivity index (χ2v) is 14.5. The van der Waals surface area contributed by atoms with Crippen molar-refractivity contribution in [2.45, 2.75) is 46.5 Å². The molecule has 0 radical (unpaired) electrons. The first-order valence-electron chi connectivity index (χ1n) is 16.2. The molecule has 4 heterocycles. The molecule has 0 fully saturated rings. The Hall–Kier alpha value is -5.06. The van der Waals surface area contributed by atoms with Crippen molar-refractivity contribution < 1.29 is 9.21 Å². The zero-order valence-electron chi connectivity index (χ0n) is 27.2. The van der Waals surface area contributed by atoms with Crippen molar-refractivity contribution in [2.75, 3.05) is 5.32 Å². The number of para-hydroxylation sites is 1. The fourth-order valence-corrected chi connectivity index (χ4v) is 8.52. The molecule has 0 saturated carbocycles. The van der Waals surface area contributed by atoms with E-state index >= 15 is 0 Å². The van der Waals surface area contributed by atoms with E-state index in [-0.39, 0.29) is 11.5 Å². The Labute approximate surface area is 294 Å². The van der Waals surface area contributed by atoms with Gasteiger partial charge in [0.25, 0.3) is 11.5 Å². The zero-order valence-corrected chi connectivity index (χ0v) is 29.6. The maximum atomic E-state index is 14.0. The molecule has 1 N–H and O–H groups in total. The monoisotopic (exact) mass is 729 g/mol. The lowest BCUT2D eigenvalue weighted by atomic mass is 9.95. The quantitative estimate of drug-likeness (QED) is 0.173. The number of nitrogens with zero attached hydrogens (tertiary/aromatic N) is 4. The molecule has 8 rings (SSSR count). The van der Waals surface area contributed by atoms with Crippen LogP contribution in [0.1, 0.15) is 56.2 Å². The number of nitrogens with one attached hydrogen (secondary N) is 1. The van der Waals surface area contributed by atoms with Gasteiger partial charge in [-0.15, -0.1) is 11.3 Å². The highest BCUT2D eigenvalue weighted by atomic mass is 79.9. The number of aromatic nitrogens is 3. The van der Waals surface area contributed by atoms with Crippen LogP contribution in [0.4, 0.5) is 5.69 Å². The number of amides is 1.